The van der Waals surface area contributed by atoms with Gasteiger partial charge in [-0.05, 0) is 12.8 Å². The van der Waals surface area contributed by atoms with Crippen molar-refractivity contribution in [2.24, 2.45) is 0 Å². The fourth-order valence-corrected chi connectivity index (χ4v) is 2.78. The van der Waals surface area contributed by atoms with Crippen LogP contribution in [0.5, 0.6) is 0 Å². The van der Waals surface area contributed by atoms with Crippen LogP contribution in [-0.4, -0.2) is 26.7 Å². The molecule has 1 fully saturated rings. The van der Waals surface area contributed by atoms with Crippen LogP contribution in [0.4, 0.5) is 0 Å². The van der Waals surface area contributed by atoms with Crippen molar-refractivity contribution in [3.8, 4) is 0 Å². The van der Waals surface area contributed by atoms with Crippen LogP contribution in [0.25, 0.3) is 5.65 Å². The quantitative estimate of drug-likeness (QED) is 0.834. The first-order valence-corrected chi connectivity index (χ1v) is 6.56. The molecule has 0 spiro atoms. The van der Waals surface area contributed by atoms with Gasteiger partial charge in [0.05, 0.1) is 6.61 Å². The maximum atomic E-state index is 5.17. The molecular formula is C13H18N4O. The molecule has 2 aromatic rings. The second kappa shape index (κ2) is 5.02. The minimum atomic E-state index is 0.527. The zero-order valence-corrected chi connectivity index (χ0v) is 10.7. The molecule has 3 rings (SSSR count). The van der Waals surface area contributed by atoms with E-state index in [2.05, 4.69) is 15.1 Å². The molecule has 18 heavy (non-hydrogen) atoms. The van der Waals surface area contributed by atoms with Gasteiger partial charge in [0, 0.05) is 24.8 Å². The summed E-state index contributed by atoms with van der Waals surface area (Å²) in [5.74, 6) is 1.58. The number of aromatic nitrogens is 4. The van der Waals surface area contributed by atoms with E-state index >= 15 is 0 Å². The molecule has 2 heterocycles. The average molecular weight is 246 g/mol. The molecule has 0 aliphatic heterocycles. The maximum Gasteiger partial charge on any atom is 0.164 e. The van der Waals surface area contributed by atoms with E-state index in [0.29, 0.717) is 12.5 Å². The predicted octanol–water partition coefficient (Wildman–Crippen LogP) is 2.32. The summed E-state index contributed by atoms with van der Waals surface area (Å²) in [5, 5.41) is 4.32. The Morgan fingerprint density at radius 1 is 1.28 bits per heavy atom. The fraction of sp³-hybridized carbons (Fsp3) is 0.615. The van der Waals surface area contributed by atoms with Gasteiger partial charge in [0.25, 0.3) is 0 Å². The van der Waals surface area contributed by atoms with E-state index in [1.807, 2.05) is 10.7 Å². The number of hydrogen-bond acceptors (Lipinski definition) is 4. The molecule has 0 aromatic carbocycles. The normalized spacial score (nSPS) is 17.4. The number of hydrogen-bond donors (Lipinski definition) is 0. The van der Waals surface area contributed by atoms with Gasteiger partial charge in [-0.3, -0.25) is 0 Å². The Labute approximate surface area is 106 Å². The highest BCUT2D eigenvalue weighted by molar-refractivity contribution is 5.45. The second-order valence-electron chi connectivity index (χ2n) is 4.91. The molecule has 0 radical (unpaired) electrons. The molecule has 96 valence electrons. The summed E-state index contributed by atoms with van der Waals surface area (Å²) in [5.41, 5.74) is 1.88. The Hall–Kier alpha value is -1.49. The fourth-order valence-electron chi connectivity index (χ4n) is 2.78. The summed E-state index contributed by atoms with van der Waals surface area (Å²) >= 11 is 0. The molecule has 0 N–H and O–H groups in total. The summed E-state index contributed by atoms with van der Waals surface area (Å²) in [7, 11) is 1.68. The highest BCUT2D eigenvalue weighted by atomic mass is 16.5. The zero-order chi connectivity index (χ0) is 12.4. The van der Waals surface area contributed by atoms with Crippen LogP contribution >= 0.6 is 0 Å². The second-order valence-corrected chi connectivity index (χ2v) is 4.91. The Morgan fingerprint density at radius 3 is 2.89 bits per heavy atom. The van der Waals surface area contributed by atoms with Gasteiger partial charge in [0.1, 0.15) is 12.2 Å². The first-order chi connectivity index (χ1) is 8.90. The predicted molar refractivity (Wildman–Crippen MR) is 67.3 cm³/mol. The Balaban J connectivity index is 2.02. The number of ether oxygens (including phenoxy) is 1. The molecule has 5 heteroatoms. The first-order valence-electron chi connectivity index (χ1n) is 6.56. The van der Waals surface area contributed by atoms with Crippen LogP contribution in [0.15, 0.2) is 12.5 Å². The largest absolute Gasteiger partial charge is 0.380 e. The van der Waals surface area contributed by atoms with Crippen LogP contribution in [0.3, 0.4) is 0 Å². The van der Waals surface area contributed by atoms with E-state index in [1.165, 1.54) is 32.1 Å². The third-order valence-corrected chi connectivity index (χ3v) is 3.67. The van der Waals surface area contributed by atoms with E-state index in [-0.39, 0.29) is 0 Å². The van der Waals surface area contributed by atoms with Crippen LogP contribution in [0.1, 0.15) is 49.4 Å². The van der Waals surface area contributed by atoms with Gasteiger partial charge in [-0.25, -0.2) is 9.97 Å². The Morgan fingerprint density at radius 2 is 2.11 bits per heavy atom. The number of fused-ring (bicyclic) bond motifs is 1. The molecule has 0 atom stereocenters. The molecule has 0 bridgehead atoms. The summed E-state index contributed by atoms with van der Waals surface area (Å²) in [6.07, 6.45) is 9.85. The number of rotatable bonds is 3. The number of methoxy groups -OCH3 is 1. The standard InChI is InChI=1S/C13H18N4O/c1-18-8-11-7-14-12(10-5-3-2-4-6-10)17-13(11)15-9-16-17/h7,9-10H,2-6,8H2,1H3. The smallest absolute Gasteiger partial charge is 0.164 e. The van der Waals surface area contributed by atoms with Gasteiger partial charge in [-0.2, -0.15) is 9.61 Å². The molecular weight excluding hydrogens is 228 g/mol. The lowest BCUT2D eigenvalue weighted by molar-refractivity contribution is 0.185. The zero-order valence-electron chi connectivity index (χ0n) is 10.7. The number of nitrogens with zero attached hydrogens (tertiary/aromatic N) is 4. The molecule has 0 amide bonds. The third-order valence-electron chi connectivity index (χ3n) is 3.67. The van der Waals surface area contributed by atoms with Gasteiger partial charge in [0.15, 0.2) is 5.65 Å². The Kier molecular flexibility index (Phi) is 3.23. The SMILES string of the molecule is COCc1cnc(C2CCCCC2)n2ncnc12. The van der Waals surface area contributed by atoms with Crippen molar-refractivity contribution in [1.29, 1.82) is 0 Å². The van der Waals surface area contributed by atoms with Crippen molar-refractivity contribution in [3.05, 3.63) is 23.9 Å². The van der Waals surface area contributed by atoms with Crippen molar-refractivity contribution in [2.75, 3.05) is 7.11 Å². The lowest BCUT2D eigenvalue weighted by Gasteiger charge is -2.21. The molecule has 1 aliphatic carbocycles. The monoisotopic (exact) mass is 246 g/mol. The van der Waals surface area contributed by atoms with E-state index in [1.54, 1.807) is 13.4 Å². The summed E-state index contributed by atoms with van der Waals surface area (Å²) in [4.78, 5) is 8.93. The minimum Gasteiger partial charge on any atom is -0.380 e. The molecule has 0 saturated heterocycles. The summed E-state index contributed by atoms with van der Waals surface area (Å²) < 4.78 is 7.06. The van der Waals surface area contributed by atoms with Crippen molar-refractivity contribution < 1.29 is 4.74 Å². The molecule has 0 unspecified atom stereocenters. The lowest BCUT2D eigenvalue weighted by Crippen LogP contribution is -2.13. The summed E-state index contributed by atoms with van der Waals surface area (Å²) in [6, 6.07) is 0. The Bertz CT molecular complexity index is 531. The van der Waals surface area contributed by atoms with Gasteiger partial charge < -0.3 is 4.74 Å². The van der Waals surface area contributed by atoms with E-state index < -0.39 is 0 Å². The van der Waals surface area contributed by atoms with Crippen molar-refractivity contribution in [3.63, 3.8) is 0 Å². The van der Waals surface area contributed by atoms with Crippen LogP contribution in [0, 0.1) is 0 Å². The minimum absolute atomic E-state index is 0.527. The van der Waals surface area contributed by atoms with Gasteiger partial charge in [-0.1, -0.05) is 19.3 Å². The van der Waals surface area contributed by atoms with Crippen LogP contribution < -0.4 is 0 Å². The lowest BCUT2D eigenvalue weighted by atomic mass is 9.88. The van der Waals surface area contributed by atoms with Crippen LogP contribution in [0.2, 0.25) is 0 Å². The first kappa shape index (κ1) is 11.6. The van der Waals surface area contributed by atoms with E-state index in [4.69, 9.17) is 4.74 Å². The van der Waals surface area contributed by atoms with Crippen molar-refractivity contribution in [1.82, 2.24) is 19.6 Å². The topological polar surface area (TPSA) is 52.3 Å². The van der Waals surface area contributed by atoms with Crippen LogP contribution in [-0.2, 0) is 11.3 Å². The highest BCUT2D eigenvalue weighted by Crippen LogP contribution is 2.31. The van der Waals surface area contributed by atoms with E-state index in [0.717, 1.165) is 17.0 Å². The average Bonchev–Trinajstić information content (AvgIpc) is 2.90. The molecule has 2 aromatic heterocycles. The maximum absolute atomic E-state index is 5.17. The van der Waals surface area contributed by atoms with Gasteiger partial charge in [-0.15, -0.1) is 0 Å². The van der Waals surface area contributed by atoms with Crippen molar-refractivity contribution in [2.45, 2.75) is 44.6 Å². The highest BCUT2D eigenvalue weighted by Gasteiger charge is 2.21. The summed E-state index contributed by atoms with van der Waals surface area (Å²) in [6.45, 7) is 0.528. The molecule has 5 nitrogen and oxygen atoms in total. The van der Waals surface area contributed by atoms with Gasteiger partial charge in [0.2, 0.25) is 0 Å². The van der Waals surface area contributed by atoms with E-state index in [9.17, 15) is 0 Å². The molecule has 1 saturated carbocycles. The molecule has 1 aliphatic rings. The van der Waals surface area contributed by atoms with Gasteiger partial charge >= 0.3 is 0 Å². The van der Waals surface area contributed by atoms with Crippen molar-refractivity contribution >= 4 is 5.65 Å². The third kappa shape index (κ3) is 1.99.